The minimum absolute atomic E-state index is 0.0339. The van der Waals surface area contributed by atoms with Crippen molar-refractivity contribution in [2.24, 2.45) is 0 Å². The van der Waals surface area contributed by atoms with Crippen LogP contribution < -0.4 is 4.90 Å². The summed E-state index contributed by atoms with van der Waals surface area (Å²) in [6.45, 7) is 4.21. The third kappa shape index (κ3) is 2.98. The molecule has 1 saturated heterocycles. The van der Waals surface area contributed by atoms with E-state index >= 15 is 0 Å². The van der Waals surface area contributed by atoms with Crippen molar-refractivity contribution in [3.63, 3.8) is 0 Å². The van der Waals surface area contributed by atoms with E-state index in [-0.39, 0.29) is 23.5 Å². The van der Waals surface area contributed by atoms with E-state index in [2.05, 4.69) is 10.1 Å². The maximum absolute atomic E-state index is 13.7. The van der Waals surface area contributed by atoms with Crippen LogP contribution in [-0.2, 0) is 4.79 Å². The fraction of sp³-hybridized carbons (Fsp3) is 0.250. The molecule has 26 heavy (non-hydrogen) atoms. The molecule has 0 unspecified atom stereocenters. The maximum Gasteiger partial charge on any atom is 0.258 e. The van der Waals surface area contributed by atoms with Gasteiger partial charge in [0.2, 0.25) is 5.91 Å². The van der Waals surface area contributed by atoms with Crippen LogP contribution in [0.2, 0.25) is 0 Å². The van der Waals surface area contributed by atoms with Gasteiger partial charge in [0, 0.05) is 30.1 Å². The average molecular weight is 351 g/mol. The predicted octanol–water partition coefficient (Wildman–Crippen LogP) is 4.01. The lowest BCUT2D eigenvalue weighted by Crippen LogP contribution is -2.24. The maximum atomic E-state index is 13.7. The van der Waals surface area contributed by atoms with Crippen molar-refractivity contribution in [2.45, 2.75) is 26.2 Å². The summed E-state index contributed by atoms with van der Waals surface area (Å²) in [4.78, 5) is 18.5. The van der Waals surface area contributed by atoms with Gasteiger partial charge in [0.15, 0.2) is 5.82 Å². The van der Waals surface area contributed by atoms with Gasteiger partial charge in [-0.25, -0.2) is 4.39 Å². The van der Waals surface area contributed by atoms with E-state index in [9.17, 15) is 9.18 Å². The van der Waals surface area contributed by atoms with Crippen LogP contribution in [0.1, 0.15) is 29.3 Å². The Morgan fingerprint density at radius 1 is 1.15 bits per heavy atom. The SMILES string of the molecule is Cc1ccc(N2C[C@@H](c3noc(-c4ccc(C)c(F)c4)n3)CC2=O)cc1. The molecule has 0 N–H and O–H groups in total. The first-order valence-electron chi connectivity index (χ1n) is 8.48. The molecule has 0 aliphatic carbocycles. The largest absolute Gasteiger partial charge is 0.334 e. The number of nitrogens with zero attached hydrogens (tertiary/aromatic N) is 3. The van der Waals surface area contributed by atoms with Crippen LogP contribution in [0.5, 0.6) is 0 Å². The molecule has 0 saturated carbocycles. The van der Waals surface area contributed by atoms with Gasteiger partial charge in [0.05, 0.1) is 0 Å². The summed E-state index contributed by atoms with van der Waals surface area (Å²) in [6, 6.07) is 12.6. The lowest BCUT2D eigenvalue weighted by molar-refractivity contribution is -0.117. The molecule has 0 radical (unpaired) electrons. The molecule has 1 fully saturated rings. The Labute approximate surface area is 150 Å². The van der Waals surface area contributed by atoms with Crippen molar-refractivity contribution in [1.29, 1.82) is 0 Å². The number of hydrogen-bond acceptors (Lipinski definition) is 4. The zero-order valence-corrected chi connectivity index (χ0v) is 14.6. The van der Waals surface area contributed by atoms with Gasteiger partial charge >= 0.3 is 0 Å². The standard InChI is InChI=1S/C20H18FN3O2/c1-12-3-7-16(8-4-12)24-11-15(10-18(24)25)19-22-20(26-23-19)14-6-5-13(2)17(21)9-14/h3-9,15H,10-11H2,1-2H3/t15-/m0/s1. The molecule has 0 bridgehead atoms. The van der Waals surface area contributed by atoms with Gasteiger partial charge in [0.1, 0.15) is 5.82 Å². The number of carbonyl (C=O) groups excluding carboxylic acids is 1. The first kappa shape index (κ1) is 16.4. The van der Waals surface area contributed by atoms with Gasteiger partial charge in [-0.1, -0.05) is 28.9 Å². The van der Waals surface area contributed by atoms with Crippen molar-refractivity contribution in [3.8, 4) is 11.5 Å². The molecule has 132 valence electrons. The van der Waals surface area contributed by atoms with Crippen LogP contribution in [0.3, 0.4) is 0 Å². The highest BCUT2D eigenvalue weighted by Crippen LogP contribution is 2.31. The van der Waals surface area contributed by atoms with Gasteiger partial charge in [-0.3, -0.25) is 4.79 Å². The molecular formula is C20H18FN3O2. The summed E-state index contributed by atoms with van der Waals surface area (Å²) < 4.78 is 19.0. The Hall–Kier alpha value is -3.02. The second kappa shape index (κ2) is 6.37. The second-order valence-corrected chi connectivity index (χ2v) is 6.66. The van der Waals surface area contributed by atoms with E-state index in [0.29, 0.717) is 29.9 Å². The molecule has 1 aromatic heterocycles. The highest BCUT2D eigenvalue weighted by atomic mass is 19.1. The quantitative estimate of drug-likeness (QED) is 0.715. The highest BCUT2D eigenvalue weighted by Gasteiger charge is 2.34. The molecule has 2 aromatic carbocycles. The molecule has 6 heteroatoms. The predicted molar refractivity (Wildman–Crippen MR) is 95.3 cm³/mol. The molecule has 5 nitrogen and oxygen atoms in total. The van der Waals surface area contributed by atoms with Gasteiger partial charge in [0.25, 0.3) is 5.89 Å². The summed E-state index contributed by atoms with van der Waals surface area (Å²) in [5.74, 6) is 0.316. The van der Waals surface area contributed by atoms with E-state index < -0.39 is 0 Å². The molecule has 1 aliphatic heterocycles. The van der Waals surface area contributed by atoms with Crippen molar-refractivity contribution in [2.75, 3.05) is 11.4 Å². The summed E-state index contributed by atoms with van der Waals surface area (Å²) in [5.41, 5.74) is 3.10. The first-order valence-corrected chi connectivity index (χ1v) is 8.48. The number of carbonyl (C=O) groups is 1. The Kier molecular flexibility index (Phi) is 4.03. The van der Waals surface area contributed by atoms with Crippen LogP contribution in [0, 0.1) is 19.7 Å². The average Bonchev–Trinajstić information content (AvgIpc) is 3.25. The van der Waals surface area contributed by atoms with Crippen molar-refractivity contribution < 1.29 is 13.7 Å². The lowest BCUT2D eigenvalue weighted by atomic mass is 10.1. The van der Waals surface area contributed by atoms with E-state index in [1.165, 1.54) is 6.07 Å². The normalized spacial score (nSPS) is 17.1. The third-order valence-corrected chi connectivity index (χ3v) is 4.70. The number of rotatable bonds is 3. The van der Waals surface area contributed by atoms with Gasteiger partial charge in [-0.15, -0.1) is 0 Å². The zero-order chi connectivity index (χ0) is 18.3. The molecule has 1 amide bonds. The number of aryl methyl sites for hydroxylation is 2. The lowest BCUT2D eigenvalue weighted by Gasteiger charge is -2.16. The fourth-order valence-corrected chi connectivity index (χ4v) is 3.10. The number of amides is 1. The van der Waals surface area contributed by atoms with Crippen LogP contribution in [0.4, 0.5) is 10.1 Å². The molecule has 0 spiro atoms. The molecule has 4 rings (SSSR count). The van der Waals surface area contributed by atoms with E-state index in [1.807, 2.05) is 31.2 Å². The first-order chi connectivity index (χ1) is 12.5. The summed E-state index contributed by atoms with van der Waals surface area (Å²) in [7, 11) is 0. The van der Waals surface area contributed by atoms with Crippen molar-refractivity contribution in [1.82, 2.24) is 10.1 Å². The van der Waals surface area contributed by atoms with Gasteiger partial charge in [-0.05, 0) is 43.7 Å². The Bertz CT molecular complexity index is 965. The topological polar surface area (TPSA) is 59.2 Å². The molecular weight excluding hydrogens is 333 g/mol. The summed E-state index contributed by atoms with van der Waals surface area (Å²) in [5, 5.41) is 4.02. The van der Waals surface area contributed by atoms with Crippen LogP contribution >= 0.6 is 0 Å². The Balaban J connectivity index is 1.55. The van der Waals surface area contributed by atoms with Gasteiger partial charge < -0.3 is 9.42 Å². The summed E-state index contributed by atoms with van der Waals surface area (Å²) >= 11 is 0. The highest BCUT2D eigenvalue weighted by molar-refractivity contribution is 5.96. The number of anilines is 1. The Morgan fingerprint density at radius 2 is 1.92 bits per heavy atom. The monoisotopic (exact) mass is 351 g/mol. The molecule has 1 atom stereocenters. The third-order valence-electron chi connectivity index (χ3n) is 4.70. The van der Waals surface area contributed by atoms with Crippen LogP contribution in [0.15, 0.2) is 47.0 Å². The second-order valence-electron chi connectivity index (χ2n) is 6.66. The number of benzene rings is 2. The minimum Gasteiger partial charge on any atom is -0.334 e. The number of hydrogen-bond donors (Lipinski definition) is 0. The fourth-order valence-electron chi connectivity index (χ4n) is 3.10. The molecule has 2 heterocycles. The van der Waals surface area contributed by atoms with Crippen LogP contribution in [0.25, 0.3) is 11.5 Å². The molecule has 1 aliphatic rings. The zero-order valence-electron chi connectivity index (χ0n) is 14.6. The Morgan fingerprint density at radius 3 is 2.65 bits per heavy atom. The minimum atomic E-state index is -0.316. The number of aromatic nitrogens is 2. The van der Waals surface area contributed by atoms with Gasteiger partial charge in [-0.2, -0.15) is 4.98 Å². The van der Waals surface area contributed by atoms with E-state index in [0.717, 1.165) is 11.3 Å². The van der Waals surface area contributed by atoms with Crippen molar-refractivity contribution in [3.05, 3.63) is 65.2 Å². The smallest absolute Gasteiger partial charge is 0.258 e. The summed E-state index contributed by atoms with van der Waals surface area (Å²) in [6.07, 6.45) is 0.328. The molecule has 3 aromatic rings. The number of halogens is 1. The van der Waals surface area contributed by atoms with E-state index in [1.54, 1.807) is 24.0 Å². The van der Waals surface area contributed by atoms with Crippen molar-refractivity contribution >= 4 is 11.6 Å². The van der Waals surface area contributed by atoms with E-state index in [4.69, 9.17) is 4.52 Å². The van der Waals surface area contributed by atoms with Crippen LogP contribution in [-0.4, -0.2) is 22.6 Å².